The number of benzene rings is 2. The summed E-state index contributed by atoms with van der Waals surface area (Å²) in [4.78, 5) is 0.875. The molecule has 6 heteroatoms. The van der Waals surface area contributed by atoms with Gasteiger partial charge in [0.25, 0.3) is 0 Å². The van der Waals surface area contributed by atoms with Gasteiger partial charge in [0.2, 0.25) is 0 Å². The molecule has 0 saturated heterocycles. The first kappa shape index (κ1) is 15.6. The monoisotopic (exact) mass is 347 g/mol. The number of ether oxygens (including phenoxy) is 1. The fourth-order valence-electron chi connectivity index (χ4n) is 1.57. The van der Waals surface area contributed by atoms with E-state index in [9.17, 15) is 0 Å². The van der Waals surface area contributed by atoms with Gasteiger partial charge in [-0.05, 0) is 30.3 Å². The molecule has 2 nitrogen and oxygen atoms in total. The normalized spacial score (nSPS) is 10.6. The molecule has 106 valence electrons. The Morgan fingerprint density at radius 3 is 2.55 bits per heavy atom. The third-order valence-electron chi connectivity index (χ3n) is 2.48. The molecule has 20 heavy (non-hydrogen) atoms. The van der Waals surface area contributed by atoms with Crippen molar-refractivity contribution in [3.05, 3.63) is 51.5 Å². The Morgan fingerprint density at radius 1 is 1.05 bits per heavy atom. The smallest absolute Gasteiger partial charge is 0.138 e. The summed E-state index contributed by atoms with van der Waals surface area (Å²) in [6.07, 6.45) is 0. The van der Waals surface area contributed by atoms with Gasteiger partial charge in [-0.2, -0.15) is 0 Å². The molecular weight excluding hydrogens is 337 g/mol. The van der Waals surface area contributed by atoms with Crippen LogP contribution in [0.5, 0.6) is 5.75 Å². The molecule has 0 saturated carbocycles. The van der Waals surface area contributed by atoms with Gasteiger partial charge in [0.1, 0.15) is 5.75 Å². The zero-order valence-corrected chi connectivity index (χ0v) is 13.5. The van der Waals surface area contributed by atoms with Crippen LogP contribution < -0.4 is 10.5 Å². The topological polar surface area (TPSA) is 35.2 Å². The van der Waals surface area contributed by atoms with Gasteiger partial charge in [0, 0.05) is 21.4 Å². The number of anilines is 1. The van der Waals surface area contributed by atoms with E-state index in [1.54, 1.807) is 30.0 Å². The van der Waals surface area contributed by atoms with E-state index < -0.39 is 0 Å². The van der Waals surface area contributed by atoms with Crippen molar-refractivity contribution in [2.24, 2.45) is 0 Å². The Kier molecular flexibility index (Phi) is 5.73. The highest BCUT2D eigenvalue weighted by Gasteiger charge is 2.06. The van der Waals surface area contributed by atoms with Crippen LogP contribution in [0.3, 0.4) is 0 Å². The molecule has 2 aromatic rings. The van der Waals surface area contributed by atoms with Crippen molar-refractivity contribution < 1.29 is 4.74 Å². The highest BCUT2D eigenvalue weighted by Crippen LogP contribution is 2.33. The van der Waals surface area contributed by atoms with Gasteiger partial charge in [-0.15, -0.1) is 11.8 Å². The van der Waals surface area contributed by atoms with Gasteiger partial charge >= 0.3 is 0 Å². The van der Waals surface area contributed by atoms with E-state index in [2.05, 4.69) is 0 Å². The Hall–Kier alpha value is -0.740. The van der Waals surface area contributed by atoms with Crippen LogP contribution in [0.2, 0.25) is 15.1 Å². The largest absolute Gasteiger partial charge is 0.491 e. The SMILES string of the molecule is Nc1cccc(Cl)c1SCCOc1ccc(Cl)cc1Cl. The fourth-order valence-corrected chi connectivity index (χ4v) is 3.19. The molecular formula is C14H12Cl3NOS. The summed E-state index contributed by atoms with van der Waals surface area (Å²) >= 11 is 19.5. The predicted octanol–water partition coefficient (Wildman–Crippen LogP) is 5.40. The quantitative estimate of drug-likeness (QED) is 0.446. The van der Waals surface area contributed by atoms with E-state index in [0.29, 0.717) is 38.9 Å². The van der Waals surface area contributed by atoms with Gasteiger partial charge in [-0.1, -0.05) is 40.9 Å². The molecule has 0 fully saturated rings. The van der Waals surface area contributed by atoms with Crippen molar-refractivity contribution in [1.29, 1.82) is 0 Å². The maximum Gasteiger partial charge on any atom is 0.138 e. The third-order valence-corrected chi connectivity index (χ3v) is 4.55. The van der Waals surface area contributed by atoms with Crippen LogP contribution in [0.4, 0.5) is 5.69 Å². The van der Waals surface area contributed by atoms with Crippen molar-refractivity contribution in [3.63, 3.8) is 0 Å². The number of nitrogens with two attached hydrogens (primary N) is 1. The lowest BCUT2D eigenvalue weighted by Gasteiger charge is -2.10. The Labute approximate surface area is 137 Å². The van der Waals surface area contributed by atoms with Crippen LogP contribution in [0.25, 0.3) is 0 Å². The highest BCUT2D eigenvalue weighted by atomic mass is 35.5. The molecule has 0 radical (unpaired) electrons. The minimum atomic E-state index is 0.497. The number of hydrogen-bond donors (Lipinski definition) is 1. The summed E-state index contributed by atoms with van der Waals surface area (Å²) in [5, 5.41) is 1.74. The molecule has 0 unspecified atom stereocenters. The Morgan fingerprint density at radius 2 is 1.85 bits per heavy atom. The second-order valence-corrected chi connectivity index (χ2v) is 6.29. The highest BCUT2D eigenvalue weighted by molar-refractivity contribution is 7.99. The summed E-state index contributed by atoms with van der Waals surface area (Å²) in [5.74, 6) is 1.33. The van der Waals surface area contributed by atoms with Crippen molar-refractivity contribution >= 4 is 52.3 Å². The molecule has 2 rings (SSSR count). The van der Waals surface area contributed by atoms with Gasteiger partial charge in [-0.3, -0.25) is 0 Å². The number of thioether (sulfide) groups is 1. The Balaban J connectivity index is 1.88. The van der Waals surface area contributed by atoms with Crippen LogP contribution in [-0.4, -0.2) is 12.4 Å². The third kappa shape index (κ3) is 4.13. The van der Waals surface area contributed by atoms with E-state index in [1.165, 1.54) is 0 Å². The number of hydrogen-bond acceptors (Lipinski definition) is 3. The number of rotatable bonds is 5. The van der Waals surface area contributed by atoms with Gasteiger partial charge in [0.15, 0.2) is 0 Å². The standard InChI is InChI=1S/C14H12Cl3NOS/c15-9-4-5-13(11(17)8-9)19-6-7-20-14-10(16)2-1-3-12(14)18/h1-5,8H,6-7,18H2. The van der Waals surface area contributed by atoms with E-state index in [1.807, 2.05) is 18.2 Å². The lowest BCUT2D eigenvalue weighted by Crippen LogP contribution is -2.01. The molecule has 0 spiro atoms. The molecule has 0 bridgehead atoms. The lowest BCUT2D eigenvalue weighted by atomic mass is 10.3. The van der Waals surface area contributed by atoms with E-state index >= 15 is 0 Å². The minimum absolute atomic E-state index is 0.497. The van der Waals surface area contributed by atoms with Crippen molar-refractivity contribution in [1.82, 2.24) is 0 Å². The summed E-state index contributed by atoms with van der Waals surface area (Å²) in [5.41, 5.74) is 6.55. The first-order chi connectivity index (χ1) is 9.58. The Bertz CT molecular complexity index is 587. The molecule has 0 heterocycles. The molecule has 0 aliphatic heterocycles. The van der Waals surface area contributed by atoms with E-state index in [4.69, 9.17) is 45.3 Å². The maximum absolute atomic E-state index is 6.09. The summed E-state index contributed by atoms with van der Waals surface area (Å²) in [7, 11) is 0. The van der Waals surface area contributed by atoms with Crippen molar-refractivity contribution in [2.45, 2.75) is 4.90 Å². The first-order valence-electron chi connectivity index (χ1n) is 5.82. The van der Waals surface area contributed by atoms with Gasteiger partial charge < -0.3 is 10.5 Å². The first-order valence-corrected chi connectivity index (χ1v) is 7.94. The zero-order valence-electron chi connectivity index (χ0n) is 10.4. The molecule has 0 aliphatic carbocycles. The average molecular weight is 349 g/mol. The van der Waals surface area contributed by atoms with Crippen LogP contribution in [0.1, 0.15) is 0 Å². The van der Waals surface area contributed by atoms with Crippen LogP contribution in [0, 0.1) is 0 Å². The lowest BCUT2D eigenvalue weighted by molar-refractivity contribution is 0.344. The molecule has 0 amide bonds. The average Bonchev–Trinajstić information content (AvgIpc) is 2.39. The van der Waals surface area contributed by atoms with E-state index in [0.717, 1.165) is 4.90 Å². The van der Waals surface area contributed by atoms with Crippen LogP contribution >= 0.6 is 46.6 Å². The molecule has 0 aliphatic rings. The van der Waals surface area contributed by atoms with Crippen LogP contribution in [0.15, 0.2) is 41.3 Å². The van der Waals surface area contributed by atoms with E-state index in [-0.39, 0.29) is 0 Å². The molecule has 2 aromatic carbocycles. The zero-order chi connectivity index (χ0) is 14.5. The second kappa shape index (κ2) is 7.32. The molecule has 0 atom stereocenters. The van der Waals surface area contributed by atoms with Gasteiger partial charge in [-0.25, -0.2) is 0 Å². The number of halogens is 3. The van der Waals surface area contributed by atoms with Crippen molar-refractivity contribution in [2.75, 3.05) is 18.1 Å². The van der Waals surface area contributed by atoms with Gasteiger partial charge in [0.05, 0.1) is 16.7 Å². The molecule has 2 N–H and O–H groups in total. The van der Waals surface area contributed by atoms with Crippen molar-refractivity contribution in [3.8, 4) is 5.75 Å². The second-order valence-electron chi connectivity index (χ2n) is 3.93. The summed E-state index contributed by atoms with van der Waals surface area (Å²) in [6, 6.07) is 10.6. The maximum atomic E-state index is 6.09. The number of nitrogen functional groups attached to an aromatic ring is 1. The fraction of sp³-hybridized carbons (Fsp3) is 0.143. The summed E-state index contributed by atoms with van der Waals surface area (Å²) < 4.78 is 5.60. The van der Waals surface area contributed by atoms with Crippen LogP contribution in [-0.2, 0) is 0 Å². The predicted molar refractivity (Wildman–Crippen MR) is 88.5 cm³/mol. The summed E-state index contributed by atoms with van der Waals surface area (Å²) in [6.45, 7) is 0.497. The molecule has 0 aromatic heterocycles. The minimum Gasteiger partial charge on any atom is -0.491 e.